The largest absolute Gasteiger partial charge is 0.324 e. The zero-order valence-corrected chi connectivity index (χ0v) is 10.4. The molecule has 1 aromatic rings. The summed E-state index contributed by atoms with van der Waals surface area (Å²) in [6, 6.07) is 5.19. The molecule has 1 aliphatic rings. The number of carbonyl (C=O) groups excluding carboxylic acids is 2. The van der Waals surface area contributed by atoms with Gasteiger partial charge in [0.05, 0.1) is 10.9 Å². The van der Waals surface area contributed by atoms with E-state index in [4.69, 9.17) is 5.84 Å². The summed E-state index contributed by atoms with van der Waals surface area (Å²) in [5.41, 5.74) is 1.13. The van der Waals surface area contributed by atoms with Gasteiger partial charge in [-0.15, -0.1) is 11.8 Å². The first-order valence-corrected chi connectivity index (χ1v) is 6.01. The molecule has 0 spiro atoms. The molecular formula is C11H13N3O2S. The molecule has 1 aliphatic heterocycles. The zero-order valence-electron chi connectivity index (χ0n) is 9.56. The second kappa shape index (κ2) is 4.38. The van der Waals surface area contributed by atoms with E-state index in [-0.39, 0.29) is 17.1 Å². The Morgan fingerprint density at radius 3 is 2.88 bits per heavy atom. The summed E-state index contributed by atoms with van der Waals surface area (Å²) < 4.78 is 0. The summed E-state index contributed by atoms with van der Waals surface area (Å²) in [5.74, 6) is 5.05. The highest BCUT2D eigenvalue weighted by molar-refractivity contribution is 8.00. The highest BCUT2D eigenvalue weighted by Crippen LogP contribution is 2.35. The number of benzene rings is 1. The molecule has 0 saturated carbocycles. The summed E-state index contributed by atoms with van der Waals surface area (Å²) in [7, 11) is 1.48. The van der Waals surface area contributed by atoms with Crippen LogP contribution in [0.3, 0.4) is 0 Å². The van der Waals surface area contributed by atoms with Crippen molar-refractivity contribution in [1.29, 1.82) is 0 Å². The van der Waals surface area contributed by atoms with Crippen molar-refractivity contribution in [1.82, 2.24) is 5.01 Å². The molecule has 17 heavy (non-hydrogen) atoms. The van der Waals surface area contributed by atoms with E-state index in [0.29, 0.717) is 11.3 Å². The van der Waals surface area contributed by atoms with Gasteiger partial charge in [-0.2, -0.15) is 0 Å². The van der Waals surface area contributed by atoms with E-state index in [9.17, 15) is 9.59 Å². The van der Waals surface area contributed by atoms with Crippen molar-refractivity contribution in [3.63, 3.8) is 0 Å². The summed E-state index contributed by atoms with van der Waals surface area (Å²) >= 11 is 1.48. The summed E-state index contributed by atoms with van der Waals surface area (Å²) in [5, 5.41) is 3.68. The number of nitrogens with one attached hydrogen (secondary N) is 1. The molecule has 1 aromatic carbocycles. The Morgan fingerprint density at radius 1 is 1.53 bits per heavy atom. The Kier molecular flexibility index (Phi) is 3.08. The van der Waals surface area contributed by atoms with Crippen molar-refractivity contribution >= 4 is 29.3 Å². The van der Waals surface area contributed by atoms with Crippen LogP contribution in [0.4, 0.5) is 5.69 Å². The lowest BCUT2D eigenvalue weighted by molar-refractivity contribution is -0.115. The second-order valence-corrected chi connectivity index (χ2v) is 5.26. The molecule has 3 N–H and O–H groups in total. The Labute approximate surface area is 103 Å². The van der Waals surface area contributed by atoms with Crippen molar-refractivity contribution < 1.29 is 9.59 Å². The van der Waals surface area contributed by atoms with Crippen LogP contribution in [0.25, 0.3) is 0 Å². The lowest BCUT2D eigenvalue weighted by atomic mass is 10.1. The number of nitrogens with zero attached hydrogens (tertiary/aromatic N) is 1. The zero-order chi connectivity index (χ0) is 12.6. The minimum Gasteiger partial charge on any atom is -0.324 e. The van der Waals surface area contributed by atoms with Gasteiger partial charge in [-0.05, 0) is 25.1 Å². The van der Waals surface area contributed by atoms with Crippen LogP contribution in [0.1, 0.15) is 17.3 Å². The van der Waals surface area contributed by atoms with E-state index >= 15 is 0 Å². The fourth-order valence-corrected chi connectivity index (χ4v) is 2.48. The smallest absolute Gasteiger partial charge is 0.267 e. The highest BCUT2D eigenvalue weighted by atomic mass is 32.2. The maximum Gasteiger partial charge on any atom is 0.267 e. The van der Waals surface area contributed by atoms with Crippen molar-refractivity contribution in [3.05, 3.63) is 23.8 Å². The van der Waals surface area contributed by atoms with Gasteiger partial charge in [-0.3, -0.25) is 14.6 Å². The molecule has 0 aromatic heterocycles. The van der Waals surface area contributed by atoms with E-state index in [0.717, 1.165) is 9.90 Å². The molecule has 6 heteroatoms. The van der Waals surface area contributed by atoms with Gasteiger partial charge in [0, 0.05) is 17.5 Å². The fraction of sp³-hybridized carbons (Fsp3) is 0.273. The number of anilines is 1. The Hall–Kier alpha value is -1.53. The van der Waals surface area contributed by atoms with Crippen LogP contribution in [-0.2, 0) is 4.79 Å². The van der Waals surface area contributed by atoms with Crippen LogP contribution in [0.15, 0.2) is 23.1 Å². The second-order valence-electron chi connectivity index (χ2n) is 3.88. The molecule has 0 radical (unpaired) electrons. The average molecular weight is 251 g/mol. The molecule has 5 nitrogen and oxygen atoms in total. The predicted molar refractivity (Wildman–Crippen MR) is 66.7 cm³/mol. The quantitative estimate of drug-likeness (QED) is 0.444. The first-order chi connectivity index (χ1) is 7.99. The third kappa shape index (κ3) is 2.27. The molecule has 2 rings (SSSR count). The Bertz CT molecular complexity index is 488. The van der Waals surface area contributed by atoms with E-state index in [1.807, 2.05) is 13.0 Å². The standard InChI is InChI=1S/C11H13N3O2S/c1-6-10(15)13-8-5-7(11(16)14(2)12)3-4-9(8)17-6/h3-6H,12H2,1-2H3,(H,13,15). The van der Waals surface area contributed by atoms with Crippen molar-refractivity contribution in [2.45, 2.75) is 17.1 Å². The van der Waals surface area contributed by atoms with Gasteiger partial charge < -0.3 is 5.32 Å². The Balaban J connectivity index is 2.35. The molecule has 0 fully saturated rings. The predicted octanol–water partition coefficient (Wildman–Crippen LogP) is 1.06. The van der Waals surface area contributed by atoms with Crippen molar-refractivity contribution in [2.75, 3.05) is 12.4 Å². The van der Waals surface area contributed by atoms with E-state index in [1.54, 1.807) is 12.1 Å². The van der Waals surface area contributed by atoms with E-state index in [1.165, 1.54) is 18.8 Å². The molecule has 1 unspecified atom stereocenters. The van der Waals surface area contributed by atoms with Crippen LogP contribution in [0.2, 0.25) is 0 Å². The van der Waals surface area contributed by atoms with Crippen molar-refractivity contribution in [3.8, 4) is 0 Å². The van der Waals surface area contributed by atoms with Crippen LogP contribution < -0.4 is 11.2 Å². The van der Waals surface area contributed by atoms with Crippen LogP contribution in [0, 0.1) is 0 Å². The molecular weight excluding hydrogens is 238 g/mol. The van der Waals surface area contributed by atoms with Gasteiger partial charge in [0.2, 0.25) is 5.91 Å². The third-order valence-corrected chi connectivity index (χ3v) is 3.66. The molecule has 0 aliphatic carbocycles. The number of nitrogens with two attached hydrogens (primary N) is 1. The maximum absolute atomic E-state index is 11.7. The number of hydrazine groups is 1. The SMILES string of the molecule is CC1Sc2ccc(C(=O)N(C)N)cc2NC1=O. The van der Waals surface area contributed by atoms with Gasteiger partial charge in [0.25, 0.3) is 5.91 Å². The molecule has 0 saturated heterocycles. The minimum atomic E-state index is -0.286. The number of hydrogen-bond acceptors (Lipinski definition) is 4. The van der Waals surface area contributed by atoms with Crippen LogP contribution >= 0.6 is 11.8 Å². The summed E-state index contributed by atoms with van der Waals surface area (Å²) in [6.07, 6.45) is 0. The monoisotopic (exact) mass is 251 g/mol. The van der Waals surface area contributed by atoms with Crippen LogP contribution in [0.5, 0.6) is 0 Å². The third-order valence-electron chi connectivity index (χ3n) is 2.48. The van der Waals surface area contributed by atoms with E-state index < -0.39 is 0 Å². The van der Waals surface area contributed by atoms with Gasteiger partial charge in [0.1, 0.15) is 0 Å². The maximum atomic E-state index is 11.7. The van der Waals surface area contributed by atoms with Crippen molar-refractivity contribution in [2.24, 2.45) is 5.84 Å². The number of rotatable bonds is 1. The molecule has 90 valence electrons. The minimum absolute atomic E-state index is 0.0480. The lowest BCUT2D eigenvalue weighted by Crippen LogP contribution is -2.33. The number of amides is 2. The van der Waals surface area contributed by atoms with E-state index in [2.05, 4.69) is 5.32 Å². The molecule has 0 bridgehead atoms. The molecule has 1 atom stereocenters. The highest BCUT2D eigenvalue weighted by Gasteiger charge is 2.23. The lowest BCUT2D eigenvalue weighted by Gasteiger charge is -2.22. The first kappa shape index (κ1) is 11.9. The van der Waals surface area contributed by atoms with Gasteiger partial charge in [-0.25, -0.2) is 5.84 Å². The topological polar surface area (TPSA) is 75.4 Å². The van der Waals surface area contributed by atoms with Gasteiger partial charge in [-0.1, -0.05) is 0 Å². The number of thioether (sulfide) groups is 1. The van der Waals surface area contributed by atoms with Gasteiger partial charge in [0.15, 0.2) is 0 Å². The Morgan fingerprint density at radius 2 is 2.24 bits per heavy atom. The fourth-order valence-electron chi connectivity index (χ4n) is 1.55. The summed E-state index contributed by atoms with van der Waals surface area (Å²) in [6.45, 7) is 1.84. The molecule has 2 amide bonds. The van der Waals surface area contributed by atoms with Crippen LogP contribution in [-0.4, -0.2) is 29.1 Å². The average Bonchev–Trinajstić information content (AvgIpc) is 2.29. The number of hydrogen-bond donors (Lipinski definition) is 2. The normalized spacial score (nSPS) is 18.3. The number of fused-ring (bicyclic) bond motifs is 1. The summed E-state index contributed by atoms with van der Waals surface area (Å²) in [4.78, 5) is 24.1. The first-order valence-electron chi connectivity index (χ1n) is 5.13. The number of carbonyl (C=O) groups is 2. The van der Waals surface area contributed by atoms with Gasteiger partial charge >= 0.3 is 0 Å². The molecule has 1 heterocycles.